The van der Waals surface area contributed by atoms with Crippen molar-refractivity contribution >= 4 is 23.0 Å². The number of allylic oxidation sites excluding steroid dienone is 1. The summed E-state index contributed by atoms with van der Waals surface area (Å²) in [6.07, 6.45) is 5.97. The third-order valence-electron chi connectivity index (χ3n) is 4.03. The average molecular weight is 282 g/mol. The van der Waals surface area contributed by atoms with Crippen LogP contribution in [0.5, 0.6) is 0 Å². The first-order valence-corrected chi connectivity index (χ1v) is 8.42. The molecule has 1 aromatic carbocycles. The molecule has 3 rings (SSSR count). The van der Waals surface area contributed by atoms with Crippen molar-refractivity contribution < 1.29 is 0 Å². The summed E-state index contributed by atoms with van der Waals surface area (Å²) in [7, 11) is 0. The molecule has 0 bridgehead atoms. The quantitative estimate of drug-likeness (QED) is 0.653. The van der Waals surface area contributed by atoms with E-state index in [1.165, 1.54) is 44.9 Å². The van der Waals surface area contributed by atoms with Crippen molar-refractivity contribution in [3.63, 3.8) is 0 Å². The SMILES string of the molecule is CCCc1ccc(C2=Cc3c(cccc3C(C)C)C2)s1. The monoisotopic (exact) mass is 282 g/mol. The van der Waals surface area contributed by atoms with E-state index >= 15 is 0 Å². The van der Waals surface area contributed by atoms with Gasteiger partial charge in [-0.25, -0.2) is 0 Å². The lowest BCUT2D eigenvalue weighted by Crippen LogP contribution is -1.93. The van der Waals surface area contributed by atoms with Gasteiger partial charge < -0.3 is 0 Å². The molecule has 0 fully saturated rings. The van der Waals surface area contributed by atoms with Gasteiger partial charge in [0.1, 0.15) is 0 Å². The summed E-state index contributed by atoms with van der Waals surface area (Å²) in [6, 6.07) is 11.4. The van der Waals surface area contributed by atoms with E-state index in [9.17, 15) is 0 Å². The van der Waals surface area contributed by atoms with Crippen molar-refractivity contribution in [3.05, 3.63) is 56.8 Å². The lowest BCUT2D eigenvalue weighted by Gasteiger charge is -2.10. The molecule has 0 spiro atoms. The summed E-state index contributed by atoms with van der Waals surface area (Å²) in [6.45, 7) is 6.82. The molecule has 0 atom stereocenters. The first-order chi connectivity index (χ1) is 9.69. The Kier molecular flexibility index (Phi) is 3.80. The number of benzene rings is 1. The highest BCUT2D eigenvalue weighted by Gasteiger charge is 2.18. The minimum atomic E-state index is 0.597. The van der Waals surface area contributed by atoms with Crippen LogP contribution in [-0.4, -0.2) is 0 Å². The van der Waals surface area contributed by atoms with Gasteiger partial charge in [-0.05, 0) is 59.2 Å². The van der Waals surface area contributed by atoms with Gasteiger partial charge in [-0.1, -0.05) is 45.4 Å². The fourth-order valence-electron chi connectivity index (χ4n) is 2.99. The normalized spacial score (nSPS) is 13.7. The molecule has 0 amide bonds. The van der Waals surface area contributed by atoms with Crippen molar-refractivity contribution in [2.24, 2.45) is 0 Å². The number of hydrogen-bond acceptors (Lipinski definition) is 1. The minimum absolute atomic E-state index is 0.597. The molecule has 1 aromatic heterocycles. The van der Waals surface area contributed by atoms with Gasteiger partial charge in [-0.3, -0.25) is 0 Å². The Morgan fingerprint density at radius 3 is 2.75 bits per heavy atom. The van der Waals surface area contributed by atoms with Gasteiger partial charge in [0.15, 0.2) is 0 Å². The topological polar surface area (TPSA) is 0 Å². The molecule has 2 aromatic rings. The van der Waals surface area contributed by atoms with E-state index < -0.39 is 0 Å². The highest BCUT2D eigenvalue weighted by atomic mass is 32.1. The maximum Gasteiger partial charge on any atom is 0.0308 e. The molecule has 1 aliphatic carbocycles. The molecule has 0 N–H and O–H groups in total. The maximum absolute atomic E-state index is 2.42. The maximum atomic E-state index is 2.42. The average Bonchev–Trinajstić information content (AvgIpc) is 3.03. The number of rotatable bonds is 4. The summed E-state index contributed by atoms with van der Waals surface area (Å²) in [5, 5.41) is 0. The molecule has 0 radical (unpaired) electrons. The van der Waals surface area contributed by atoms with Crippen molar-refractivity contribution in [2.45, 2.75) is 46.0 Å². The first-order valence-electron chi connectivity index (χ1n) is 7.60. The van der Waals surface area contributed by atoms with Crippen LogP contribution < -0.4 is 0 Å². The second-order valence-corrected chi connectivity index (χ2v) is 7.11. The summed E-state index contributed by atoms with van der Waals surface area (Å²) in [5.41, 5.74) is 5.96. The first kappa shape index (κ1) is 13.6. The number of aryl methyl sites for hydroxylation is 1. The van der Waals surface area contributed by atoms with Crippen LogP contribution in [0.1, 0.15) is 59.6 Å². The third kappa shape index (κ3) is 2.47. The van der Waals surface area contributed by atoms with E-state index in [-0.39, 0.29) is 0 Å². The summed E-state index contributed by atoms with van der Waals surface area (Å²) >= 11 is 1.97. The number of thiophene rings is 1. The molecule has 0 unspecified atom stereocenters. The second kappa shape index (κ2) is 5.57. The van der Waals surface area contributed by atoms with E-state index in [4.69, 9.17) is 0 Å². The van der Waals surface area contributed by atoms with Gasteiger partial charge >= 0.3 is 0 Å². The van der Waals surface area contributed by atoms with E-state index in [1.54, 1.807) is 0 Å². The molecule has 0 saturated carbocycles. The molecule has 0 aliphatic heterocycles. The van der Waals surface area contributed by atoms with E-state index in [0.717, 1.165) is 6.42 Å². The summed E-state index contributed by atoms with van der Waals surface area (Å²) in [5.74, 6) is 0.597. The lowest BCUT2D eigenvalue weighted by atomic mass is 9.95. The zero-order valence-electron chi connectivity index (χ0n) is 12.6. The van der Waals surface area contributed by atoms with Crippen molar-refractivity contribution in [3.8, 4) is 0 Å². The van der Waals surface area contributed by atoms with Gasteiger partial charge in [0.2, 0.25) is 0 Å². The lowest BCUT2D eigenvalue weighted by molar-refractivity contribution is 0.862. The van der Waals surface area contributed by atoms with Gasteiger partial charge in [-0.2, -0.15) is 0 Å². The predicted octanol–water partition coefficient (Wildman–Crippen LogP) is 5.92. The Morgan fingerprint density at radius 1 is 1.15 bits per heavy atom. The van der Waals surface area contributed by atoms with Gasteiger partial charge in [0.25, 0.3) is 0 Å². The van der Waals surface area contributed by atoms with Gasteiger partial charge in [0, 0.05) is 9.75 Å². The van der Waals surface area contributed by atoms with Crippen molar-refractivity contribution in [1.82, 2.24) is 0 Å². The Labute approximate surface area is 126 Å². The van der Waals surface area contributed by atoms with Gasteiger partial charge in [0.05, 0.1) is 0 Å². The Morgan fingerprint density at radius 2 is 2.00 bits per heavy atom. The Hall–Kier alpha value is -1.34. The highest BCUT2D eigenvalue weighted by Crippen LogP contribution is 2.38. The molecular formula is C19H22S. The van der Waals surface area contributed by atoms with Crippen LogP contribution in [0.25, 0.3) is 11.6 Å². The van der Waals surface area contributed by atoms with E-state index in [1.807, 2.05) is 11.3 Å². The van der Waals surface area contributed by atoms with Crippen LogP contribution in [0, 0.1) is 0 Å². The zero-order chi connectivity index (χ0) is 14.1. The molecule has 104 valence electrons. The largest absolute Gasteiger partial charge is 0.141 e. The molecule has 1 aliphatic rings. The van der Waals surface area contributed by atoms with Crippen molar-refractivity contribution in [2.75, 3.05) is 0 Å². The fraction of sp³-hybridized carbons (Fsp3) is 0.368. The number of hydrogen-bond donors (Lipinski definition) is 0. The zero-order valence-corrected chi connectivity index (χ0v) is 13.4. The molecule has 1 heteroatoms. The van der Waals surface area contributed by atoms with Crippen molar-refractivity contribution in [1.29, 1.82) is 0 Å². The van der Waals surface area contributed by atoms with Crippen LogP contribution in [0.15, 0.2) is 30.3 Å². The van der Waals surface area contributed by atoms with Crippen LogP contribution in [-0.2, 0) is 12.8 Å². The van der Waals surface area contributed by atoms with E-state index in [0.29, 0.717) is 5.92 Å². The highest BCUT2D eigenvalue weighted by molar-refractivity contribution is 7.13. The molecule has 0 saturated heterocycles. The predicted molar refractivity (Wildman–Crippen MR) is 90.4 cm³/mol. The molecule has 0 nitrogen and oxygen atoms in total. The third-order valence-corrected chi connectivity index (χ3v) is 5.25. The van der Waals surface area contributed by atoms with E-state index in [2.05, 4.69) is 57.2 Å². The van der Waals surface area contributed by atoms with Crippen LogP contribution in [0.4, 0.5) is 0 Å². The van der Waals surface area contributed by atoms with Crippen LogP contribution in [0.3, 0.4) is 0 Å². The molecule has 20 heavy (non-hydrogen) atoms. The number of fused-ring (bicyclic) bond motifs is 1. The summed E-state index contributed by atoms with van der Waals surface area (Å²) < 4.78 is 0. The second-order valence-electron chi connectivity index (χ2n) is 5.94. The Bertz CT molecular complexity index is 644. The Balaban J connectivity index is 1.94. The summed E-state index contributed by atoms with van der Waals surface area (Å²) in [4.78, 5) is 2.97. The fourth-order valence-corrected chi connectivity index (χ4v) is 4.11. The van der Waals surface area contributed by atoms with Gasteiger partial charge in [-0.15, -0.1) is 11.3 Å². The standard InChI is InChI=1S/C19H22S/c1-4-6-16-9-10-19(20-16)15-11-14-7-5-8-17(13(2)3)18(14)12-15/h5,7-10,12-13H,4,6,11H2,1-3H3. The van der Waals surface area contributed by atoms with Crippen LogP contribution >= 0.6 is 11.3 Å². The minimum Gasteiger partial charge on any atom is -0.141 e. The van der Waals surface area contributed by atoms with Crippen LogP contribution in [0.2, 0.25) is 0 Å². The smallest absolute Gasteiger partial charge is 0.0308 e. The molecular weight excluding hydrogens is 260 g/mol. The molecule has 1 heterocycles.